The normalized spacial score (nSPS) is 20.7. The van der Waals surface area contributed by atoms with Gasteiger partial charge >= 0.3 is 6.18 Å². The highest BCUT2D eigenvalue weighted by molar-refractivity contribution is 6.42. The van der Waals surface area contributed by atoms with Crippen LogP contribution in [0.5, 0.6) is 0 Å². The molecule has 0 saturated carbocycles. The molecule has 1 unspecified atom stereocenters. The van der Waals surface area contributed by atoms with Crippen LogP contribution in [-0.2, 0) is 6.42 Å². The largest absolute Gasteiger partial charge is 0.407 e. The van der Waals surface area contributed by atoms with Crippen LogP contribution in [0.25, 0.3) is 0 Å². The molecule has 0 saturated heterocycles. The Bertz CT molecular complexity index is 417. The summed E-state index contributed by atoms with van der Waals surface area (Å²) in [6.45, 7) is 0.287. The molecule has 0 spiro atoms. The van der Waals surface area contributed by atoms with Crippen molar-refractivity contribution in [2.75, 3.05) is 6.54 Å². The summed E-state index contributed by atoms with van der Waals surface area (Å²) in [5.74, 6) is 0. The van der Waals surface area contributed by atoms with E-state index in [0.717, 1.165) is 0 Å². The summed E-state index contributed by atoms with van der Waals surface area (Å²) in [6, 6.07) is 1.16. The second-order valence-corrected chi connectivity index (χ2v) is 4.46. The maximum Gasteiger partial charge on any atom is 0.407 e. The number of nitrogens with one attached hydrogen (secondary N) is 1. The third kappa shape index (κ3) is 2.14. The van der Waals surface area contributed by atoms with Gasteiger partial charge in [-0.1, -0.05) is 23.2 Å². The van der Waals surface area contributed by atoms with Crippen molar-refractivity contribution in [2.45, 2.75) is 18.6 Å². The van der Waals surface area contributed by atoms with Gasteiger partial charge in [0, 0.05) is 6.54 Å². The number of halogens is 5. The first-order chi connectivity index (χ1) is 7.39. The predicted octanol–water partition coefficient (Wildman–Crippen LogP) is 3.74. The third-order valence-electron chi connectivity index (χ3n) is 2.56. The van der Waals surface area contributed by atoms with Gasteiger partial charge in [0.2, 0.25) is 0 Å². The van der Waals surface area contributed by atoms with E-state index in [9.17, 15) is 13.2 Å². The first-order valence-corrected chi connectivity index (χ1v) is 5.43. The number of rotatable bonds is 0. The van der Waals surface area contributed by atoms with Crippen LogP contribution in [-0.4, -0.2) is 12.7 Å². The zero-order chi connectivity index (χ0) is 11.9. The Morgan fingerprint density at radius 2 is 1.81 bits per heavy atom. The second-order valence-electron chi connectivity index (χ2n) is 3.64. The van der Waals surface area contributed by atoms with E-state index in [0.29, 0.717) is 17.0 Å². The molecule has 16 heavy (non-hydrogen) atoms. The van der Waals surface area contributed by atoms with E-state index >= 15 is 0 Å². The molecule has 1 aliphatic heterocycles. The SMILES string of the molecule is FC(F)(F)C1NCCc2cc(Cl)c(Cl)cc21. The molecule has 1 nitrogen and oxygen atoms in total. The molecule has 1 aliphatic rings. The lowest BCUT2D eigenvalue weighted by Crippen LogP contribution is -2.39. The molecule has 88 valence electrons. The van der Waals surface area contributed by atoms with Crippen molar-refractivity contribution in [3.63, 3.8) is 0 Å². The van der Waals surface area contributed by atoms with Gasteiger partial charge in [-0.15, -0.1) is 0 Å². The monoisotopic (exact) mass is 269 g/mol. The first kappa shape index (κ1) is 12.0. The molecule has 1 atom stereocenters. The highest BCUT2D eigenvalue weighted by Gasteiger charge is 2.43. The molecule has 0 radical (unpaired) electrons. The van der Waals surface area contributed by atoms with Crippen molar-refractivity contribution in [1.29, 1.82) is 0 Å². The minimum Gasteiger partial charge on any atom is -0.302 e. The molecule has 1 aromatic carbocycles. The van der Waals surface area contributed by atoms with Gasteiger partial charge < -0.3 is 5.32 Å². The van der Waals surface area contributed by atoms with Crippen LogP contribution in [0, 0.1) is 0 Å². The third-order valence-corrected chi connectivity index (χ3v) is 3.29. The number of fused-ring (bicyclic) bond motifs is 1. The van der Waals surface area contributed by atoms with Gasteiger partial charge in [0.1, 0.15) is 6.04 Å². The van der Waals surface area contributed by atoms with Gasteiger partial charge in [-0.25, -0.2) is 0 Å². The molecule has 1 aromatic rings. The summed E-state index contributed by atoms with van der Waals surface area (Å²) < 4.78 is 38.1. The molecule has 0 aliphatic carbocycles. The fraction of sp³-hybridized carbons (Fsp3) is 0.400. The smallest absolute Gasteiger partial charge is 0.302 e. The van der Waals surface area contributed by atoms with E-state index in [-0.39, 0.29) is 17.1 Å². The lowest BCUT2D eigenvalue weighted by atomic mass is 9.94. The van der Waals surface area contributed by atoms with Crippen molar-refractivity contribution < 1.29 is 13.2 Å². The average molecular weight is 270 g/mol. The quantitative estimate of drug-likeness (QED) is 0.757. The molecule has 0 aromatic heterocycles. The number of hydrogen-bond acceptors (Lipinski definition) is 1. The van der Waals surface area contributed by atoms with Gasteiger partial charge in [0.15, 0.2) is 0 Å². The Labute approximate surface area is 101 Å². The van der Waals surface area contributed by atoms with E-state index in [1.807, 2.05) is 0 Å². The molecular formula is C10H8Cl2F3N. The van der Waals surface area contributed by atoms with Crippen LogP contribution < -0.4 is 5.32 Å². The first-order valence-electron chi connectivity index (χ1n) is 4.67. The zero-order valence-electron chi connectivity index (χ0n) is 8.04. The van der Waals surface area contributed by atoms with Crippen molar-refractivity contribution in [1.82, 2.24) is 5.32 Å². The molecular weight excluding hydrogens is 262 g/mol. The van der Waals surface area contributed by atoms with Crippen molar-refractivity contribution >= 4 is 23.2 Å². The Kier molecular flexibility index (Phi) is 3.07. The average Bonchev–Trinajstić information content (AvgIpc) is 2.17. The summed E-state index contributed by atoms with van der Waals surface area (Å²) in [4.78, 5) is 0. The van der Waals surface area contributed by atoms with Crippen molar-refractivity contribution in [3.8, 4) is 0 Å². The van der Waals surface area contributed by atoms with Crippen molar-refractivity contribution in [3.05, 3.63) is 33.3 Å². The Hall–Kier alpha value is -0.450. The minimum atomic E-state index is -4.31. The molecule has 0 bridgehead atoms. The van der Waals surface area contributed by atoms with Gasteiger partial charge in [0.05, 0.1) is 10.0 Å². The van der Waals surface area contributed by atoms with Gasteiger partial charge in [-0.3, -0.25) is 0 Å². The topological polar surface area (TPSA) is 12.0 Å². The standard InChI is InChI=1S/C10H8Cl2F3N/c11-7-3-5-1-2-16-9(10(13,14)15)6(5)4-8(7)12/h3-4,9,16H,1-2H2. The fourth-order valence-electron chi connectivity index (χ4n) is 1.84. The summed E-state index contributed by atoms with van der Waals surface area (Å²) in [5, 5.41) is 2.88. The maximum atomic E-state index is 12.7. The zero-order valence-corrected chi connectivity index (χ0v) is 9.55. The lowest BCUT2D eigenvalue weighted by molar-refractivity contribution is -0.158. The molecule has 2 rings (SSSR count). The Morgan fingerprint density at radius 1 is 1.19 bits per heavy atom. The Morgan fingerprint density at radius 3 is 2.44 bits per heavy atom. The minimum absolute atomic E-state index is 0.151. The number of alkyl halides is 3. The summed E-state index contributed by atoms with van der Waals surface area (Å²) >= 11 is 11.5. The van der Waals surface area contributed by atoms with E-state index < -0.39 is 12.2 Å². The molecule has 1 heterocycles. The maximum absolute atomic E-state index is 12.7. The van der Waals surface area contributed by atoms with E-state index in [1.54, 1.807) is 0 Å². The fourth-order valence-corrected chi connectivity index (χ4v) is 2.20. The highest BCUT2D eigenvalue weighted by Crippen LogP contribution is 2.39. The molecule has 0 amide bonds. The van der Waals surface area contributed by atoms with E-state index in [2.05, 4.69) is 5.32 Å². The van der Waals surface area contributed by atoms with Crippen molar-refractivity contribution in [2.24, 2.45) is 0 Å². The van der Waals surface area contributed by atoms with Crippen LogP contribution in [0.15, 0.2) is 12.1 Å². The van der Waals surface area contributed by atoms with E-state index in [4.69, 9.17) is 23.2 Å². The number of benzene rings is 1. The van der Waals surface area contributed by atoms with Crippen LogP contribution in [0.2, 0.25) is 10.0 Å². The highest BCUT2D eigenvalue weighted by atomic mass is 35.5. The van der Waals surface area contributed by atoms with Gasteiger partial charge in [-0.2, -0.15) is 13.2 Å². The Balaban J connectivity index is 2.50. The lowest BCUT2D eigenvalue weighted by Gasteiger charge is -2.29. The van der Waals surface area contributed by atoms with Crippen LogP contribution in [0.4, 0.5) is 13.2 Å². The van der Waals surface area contributed by atoms with E-state index in [1.165, 1.54) is 12.1 Å². The van der Waals surface area contributed by atoms with Gasteiger partial charge in [-0.05, 0) is 29.7 Å². The number of hydrogen-bond donors (Lipinski definition) is 1. The predicted molar refractivity (Wildman–Crippen MR) is 57.0 cm³/mol. The van der Waals surface area contributed by atoms with Crippen LogP contribution >= 0.6 is 23.2 Å². The summed E-state index contributed by atoms with van der Waals surface area (Å²) in [7, 11) is 0. The van der Waals surface area contributed by atoms with Crippen LogP contribution in [0.3, 0.4) is 0 Å². The molecule has 0 fully saturated rings. The molecule has 6 heteroatoms. The second kappa shape index (κ2) is 4.09. The summed E-state index contributed by atoms with van der Waals surface area (Å²) in [6.07, 6.45) is -3.79. The van der Waals surface area contributed by atoms with Gasteiger partial charge in [0.25, 0.3) is 0 Å². The summed E-state index contributed by atoms with van der Waals surface area (Å²) in [5.41, 5.74) is 0.781. The molecule has 1 N–H and O–H groups in total. The van der Waals surface area contributed by atoms with Crippen LogP contribution in [0.1, 0.15) is 17.2 Å².